The molecular weight excluding hydrogens is 232 g/mol. The summed E-state index contributed by atoms with van der Waals surface area (Å²) in [5, 5.41) is 3.65. The second-order valence-electron chi connectivity index (χ2n) is 5.33. The van der Waals surface area contributed by atoms with Crippen molar-refractivity contribution in [1.82, 2.24) is 5.32 Å². The average molecular weight is 252 g/mol. The first kappa shape index (κ1) is 12.4. The molecule has 2 atom stereocenters. The molecule has 2 aromatic carbocycles. The molecule has 0 saturated heterocycles. The summed E-state index contributed by atoms with van der Waals surface area (Å²) in [4.78, 5) is 0. The van der Waals surface area contributed by atoms with Gasteiger partial charge in [0.05, 0.1) is 0 Å². The van der Waals surface area contributed by atoms with Gasteiger partial charge in [-0.05, 0) is 35.6 Å². The monoisotopic (exact) mass is 252 g/mol. The van der Waals surface area contributed by atoms with Gasteiger partial charge in [-0.1, -0.05) is 48.5 Å². The number of fused-ring (bicyclic) bond motifs is 1. The second-order valence-corrected chi connectivity index (χ2v) is 5.33. The molecule has 0 radical (unpaired) electrons. The molecule has 19 heavy (non-hydrogen) atoms. The first-order chi connectivity index (χ1) is 9.25. The summed E-state index contributed by atoms with van der Waals surface area (Å²) in [6, 6.07) is 17.6. The predicted molar refractivity (Wildman–Crippen MR) is 78.7 cm³/mol. The van der Waals surface area contributed by atoms with Crippen LogP contribution in [0.3, 0.4) is 0 Å². The van der Waals surface area contributed by atoms with Crippen LogP contribution in [0.5, 0.6) is 0 Å². The summed E-state index contributed by atoms with van der Waals surface area (Å²) in [6.45, 7) is 3.06. The molecular formula is C17H20N2. The molecule has 1 aliphatic rings. The minimum absolute atomic E-state index is 0.172. The van der Waals surface area contributed by atoms with E-state index in [0.29, 0.717) is 6.04 Å². The third-order valence-electron chi connectivity index (χ3n) is 4.06. The number of hydrogen-bond acceptors (Lipinski definition) is 2. The van der Waals surface area contributed by atoms with Crippen molar-refractivity contribution in [2.75, 3.05) is 0 Å². The van der Waals surface area contributed by atoms with Crippen molar-refractivity contribution in [1.29, 1.82) is 0 Å². The standard InChI is InChI=1S/C17H20N2/c1-12-6-2-3-7-13(12)11-19-17-10-16(18)14-8-4-5-9-15(14)17/h2-9,16-17,19H,10-11,18H2,1H3. The molecule has 2 nitrogen and oxygen atoms in total. The summed E-state index contributed by atoms with van der Waals surface area (Å²) in [6.07, 6.45) is 0.991. The normalized spacial score (nSPS) is 21.4. The van der Waals surface area contributed by atoms with Crippen molar-refractivity contribution >= 4 is 0 Å². The first-order valence-corrected chi connectivity index (χ1v) is 6.88. The highest BCUT2D eigenvalue weighted by molar-refractivity contribution is 5.37. The first-order valence-electron chi connectivity index (χ1n) is 6.88. The number of hydrogen-bond donors (Lipinski definition) is 2. The van der Waals surface area contributed by atoms with Gasteiger partial charge in [-0.3, -0.25) is 0 Å². The number of rotatable bonds is 3. The van der Waals surface area contributed by atoms with Gasteiger partial charge in [0, 0.05) is 18.6 Å². The van der Waals surface area contributed by atoms with Crippen molar-refractivity contribution in [2.45, 2.75) is 32.0 Å². The van der Waals surface area contributed by atoms with Crippen molar-refractivity contribution < 1.29 is 0 Å². The lowest BCUT2D eigenvalue weighted by Crippen LogP contribution is -2.20. The van der Waals surface area contributed by atoms with Crippen LogP contribution in [-0.2, 0) is 6.54 Å². The van der Waals surface area contributed by atoms with Crippen molar-refractivity contribution in [2.24, 2.45) is 5.73 Å². The zero-order valence-corrected chi connectivity index (χ0v) is 11.3. The smallest absolute Gasteiger partial charge is 0.0344 e. The van der Waals surface area contributed by atoms with E-state index in [1.165, 1.54) is 22.3 Å². The quantitative estimate of drug-likeness (QED) is 0.880. The van der Waals surface area contributed by atoms with E-state index in [-0.39, 0.29) is 6.04 Å². The lowest BCUT2D eigenvalue weighted by Gasteiger charge is -2.15. The maximum absolute atomic E-state index is 6.20. The van der Waals surface area contributed by atoms with Crippen LogP contribution in [0.2, 0.25) is 0 Å². The van der Waals surface area contributed by atoms with E-state index in [1.54, 1.807) is 0 Å². The Morgan fingerprint density at radius 1 is 1.05 bits per heavy atom. The Bertz CT molecular complexity index is 577. The van der Waals surface area contributed by atoms with E-state index < -0.39 is 0 Å². The van der Waals surface area contributed by atoms with Gasteiger partial charge >= 0.3 is 0 Å². The van der Waals surface area contributed by atoms with Gasteiger partial charge in [0.25, 0.3) is 0 Å². The molecule has 0 fully saturated rings. The fourth-order valence-electron chi connectivity index (χ4n) is 2.91. The molecule has 2 heteroatoms. The molecule has 0 saturated carbocycles. The van der Waals surface area contributed by atoms with E-state index in [9.17, 15) is 0 Å². The van der Waals surface area contributed by atoms with E-state index in [0.717, 1.165) is 13.0 Å². The van der Waals surface area contributed by atoms with Crippen molar-refractivity contribution in [3.05, 3.63) is 70.8 Å². The Labute approximate surface area is 114 Å². The minimum Gasteiger partial charge on any atom is -0.324 e. The number of nitrogens with one attached hydrogen (secondary N) is 1. The largest absolute Gasteiger partial charge is 0.324 e. The predicted octanol–water partition coefficient (Wildman–Crippen LogP) is 3.23. The Balaban J connectivity index is 1.74. The lowest BCUT2D eigenvalue weighted by molar-refractivity contribution is 0.498. The summed E-state index contributed by atoms with van der Waals surface area (Å²) in [5.74, 6) is 0. The molecule has 3 rings (SSSR count). The van der Waals surface area contributed by atoms with Gasteiger partial charge < -0.3 is 11.1 Å². The van der Waals surface area contributed by atoms with Crippen LogP contribution in [0.15, 0.2) is 48.5 Å². The Hall–Kier alpha value is -1.64. The molecule has 3 N–H and O–H groups in total. The average Bonchev–Trinajstić information content (AvgIpc) is 2.75. The van der Waals surface area contributed by atoms with E-state index in [2.05, 4.69) is 60.8 Å². The Morgan fingerprint density at radius 2 is 1.74 bits per heavy atom. The van der Waals surface area contributed by atoms with Crippen LogP contribution in [-0.4, -0.2) is 0 Å². The van der Waals surface area contributed by atoms with Gasteiger partial charge in [-0.15, -0.1) is 0 Å². The summed E-state index contributed by atoms with van der Waals surface area (Å²) < 4.78 is 0. The zero-order valence-electron chi connectivity index (χ0n) is 11.3. The molecule has 0 amide bonds. The molecule has 0 spiro atoms. The molecule has 2 aromatic rings. The second kappa shape index (κ2) is 5.16. The Morgan fingerprint density at radius 3 is 2.53 bits per heavy atom. The highest BCUT2D eigenvalue weighted by Crippen LogP contribution is 2.37. The third-order valence-corrected chi connectivity index (χ3v) is 4.06. The van der Waals surface area contributed by atoms with Crippen LogP contribution in [0.25, 0.3) is 0 Å². The van der Waals surface area contributed by atoms with E-state index >= 15 is 0 Å². The maximum Gasteiger partial charge on any atom is 0.0344 e. The van der Waals surface area contributed by atoms with E-state index in [4.69, 9.17) is 5.73 Å². The number of nitrogens with two attached hydrogens (primary N) is 1. The van der Waals surface area contributed by atoms with Gasteiger partial charge in [0.1, 0.15) is 0 Å². The number of aryl methyl sites for hydroxylation is 1. The molecule has 0 aliphatic heterocycles. The number of benzene rings is 2. The molecule has 2 unspecified atom stereocenters. The van der Waals surface area contributed by atoms with Gasteiger partial charge in [-0.2, -0.15) is 0 Å². The summed E-state index contributed by atoms with van der Waals surface area (Å²) in [5.41, 5.74) is 11.6. The van der Waals surface area contributed by atoms with Crippen molar-refractivity contribution in [3.8, 4) is 0 Å². The highest BCUT2D eigenvalue weighted by Gasteiger charge is 2.27. The maximum atomic E-state index is 6.20. The van der Waals surface area contributed by atoms with E-state index in [1.807, 2.05) is 0 Å². The van der Waals surface area contributed by atoms with Crippen LogP contribution >= 0.6 is 0 Å². The fourth-order valence-corrected chi connectivity index (χ4v) is 2.91. The molecule has 98 valence electrons. The van der Waals surface area contributed by atoms with Gasteiger partial charge in [0.2, 0.25) is 0 Å². The van der Waals surface area contributed by atoms with Crippen LogP contribution < -0.4 is 11.1 Å². The fraction of sp³-hybridized carbons (Fsp3) is 0.294. The summed E-state index contributed by atoms with van der Waals surface area (Å²) >= 11 is 0. The minimum atomic E-state index is 0.172. The lowest BCUT2D eigenvalue weighted by atomic mass is 10.1. The highest BCUT2D eigenvalue weighted by atomic mass is 14.9. The topological polar surface area (TPSA) is 38.0 Å². The zero-order chi connectivity index (χ0) is 13.2. The van der Waals surface area contributed by atoms with Crippen LogP contribution in [0, 0.1) is 6.92 Å². The molecule has 0 heterocycles. The van der Waals surface area contributed by atoms with Crippen LogP contribution in [0.4, 0.5) is 0 Å². The van der Waals surface area contributed by atoms with Crippen molar-refractivity contribution in [3.63, 3.8) is 0 Å². The molecule has 0 bridgehead atoms. The van der Waals surface area contributed by atoms with Crippen LogP contribution in [0.1, 0.15) is 40.8 Å². The third kappa shape index (κ3) is 2.42. The summed E-state index contributed by atoms with van der Waals surface area (Å²) in [7, 11) is 0. The molecule has 0 aromatic heterocycles. The SMILES string of the molecule is Cc1ccccc1CNC1CC(N)c2ccccc21. The molecule has 1 aliphatic carbocycles. The Kier molecular flexibility index (Phi) is 3.36. The van der Waals surface area contributed by atoms with Gasteiger partial charge in [0.15, 0.2) is 0 Å². The van der Waals surface area contributed by atoms with Gasteiger partial charge in [-0.25, -0.2) is 0 Å².